The van der Waals surface area contributed by atoms with Crippen LogP contribution in [0.15, 0.2) is 18.2 Å². The van der Waals surface area contributed by atoms with Gasteiger partial charge >= 0.3 is 10.3 Å². The van der Waals surface area contributed by atoms with Crippen molar-refractivity contribution in [3.8, 4) is 5.75 Å². The summed E-state index contributed by atoms with van der Waals surface area (Å²) < 4.78 is 31.2. The summed E-state index contributed by atoms with van der Waals surface area (Å²) >= 11 is 0. The van der Waals surface area contributed by atoms with Crippen molar-refractivity contribution < 1.29 is 17.3 Å². The lowest BCUT2D eigenvalue weighted by atomic mass is 10.0. The molecule has 0 saturated carbocycles. The SMILES string of the molecule is NS(=O)(=O)Oc1ccc2c(c1)CCOC2. The van der Waals surface area contributed by atoms with Gasteiger partial charge in [0.05, 0.1) is 13.2 Å². The van der Waals surface area contributed by atoms with Crippen LogP contribution in [0.3, 0.4) is 0 Å². The molecule has 1 aromatic rings. The Hall–Kier alpha value is -1.11. The molecular weight excluding hydrogens is 218 g/mol. The van der Waals surface area contributed by atoms with E-state index in [-0.39, 0.29) is 5.75 Å². The maximum atomic E-state index is 10.7. The van der Waals surface area contributed by atoms with Crippen LogP contribution in [0.2, 0.25) is 0 Å². The summed E-state index contributed by atoms with van der Waals surface area (Å²) in [4.78, 5) is 0. The van der Waals surface area contributed by atoms with Crippen molar-refractivity contribution in [3.05, 3.63) is 29.3 Å². The Labute approximate surface area is 88.1 Å². The van der Waals surface area contributed by atoms with Crippen LogP contribution < -0.4 is 9.32 Å². The minimum absolute atomic E-state index is 0.248. The van der Waals surface area contributed by atoms with Gasteiger partial charge < -0.3 is 8.92 Å². The zero-order chi connectivity index (χ0) is 10.9. The van der Waals surface area contributed by atoms with Gasteiger partial charge in [-0.25, -0.2) is 0 Å². The van der Waals surface area contributed by atoms with Crippen molar-refractivity contribution in [1.82, 2.24) is 0 Å². The molecule has 1 aliphatic heterocycles. The van der Waals surface area contributed by atoms with Gasteiger partial charge in [-0.3, -0.25) is 0 Å². The molecule has 2 rings (SSSR count). The van der Waals surface area contributed by atoms with Crippen LogP contribution in [0.5, 0.6) is 5.75 Å². The number of nitrogens with two attached hydrogens (primary N) is 1. The highest BCUT2D eigenvalue weighted by Crippen LogP contribution is 2.22. The normalized spacial score (nSPS) is 15.8. The van der Waals surface area contributed by atoms with Crippen LogP contribution in [0.25, 0.3) is 0 Å². The Balaban J connectivity index is 2.28. The van der Waals surface area contributed by atoms with Gasteiger partial charge in [-0.05, 0) is 29.7 Å². The van der Waals surface area contributed by atoms with Crippen LogP contribution in [0, 0.1) is 0 Å². The zero-order valence-corrected chi connectivity index (χ0v) is 8.79. The van der Waals surface area contributed by atoms with Gasteiger partial charge in [-0.2, -0.15) is 13.6 Å². The first-order valence-corrected chi connectivity index (χ1v) is 5.93. The Morgan fingerprint density at radius 3 is 2.87 bits per heavy atom. The van der Waals surface area contributed by atoms with E-state index in [1.54, 1.807) is 18.2 Å². The van der Waals surface area contributed by atoms with Crippen LogP contribution in [-0.4, -0.2) is 15.0 Å². The highest BCUT2D eigenvalue weighted by molar-refractivity contribution is 7.84. The quantitative estimate of drug-likeness (QED) is 0.793. The number of hydrogen-bond acceptors (Lipinski definition) is 4. The molecular formula is C9H11NO4S. The van der Waals surface area contributed by atoms with Crippen molar-refractivity contribution in [2.24, 2.45) is 5.14 Å². The first-order chi connectivity index (χ1) is 7.04. The topological polar surface area (TPSA) is 78.6 Å². The van der Waals surface area contributed by atoms with Crippen LogP contribution >= 0.6 is 0 Å². The van der Waals surface area contributed by atoms with E-state index in [2.05, 4.69) is 4.18 Å². The van der Waals surface area contributed by atoms with E-state index in [9.17, 15) is 8.42 Å². The minimum atomic E-state index is -3.93. The van der Waals surface area contributed by atoms with Gasteiger partial charge in [-0.1, -0.05) is 6.07 Å². The molecule has 1 aliphatic rings. The summed E-state index contributed by atoms with van der Waals surface area (Å²) in [6.07, 6.45) is 0.761. The molecule has 0 fully saturated rings. The summed E-state index contributed by atoms with van der Waals surface area (Å²) in [7, 11) is -3.93. The fourth-order valence-corrected chi connectivity index (χ4v) is 1.90. The molecule has 0 saturated heterocycles. The molecule has 0 aliphatic carbocycles. The fraction of sp³-hybridized carbons (Fsp3) is 0.333. The highest BCUT2D eigenvalue weighted by Gasteiger charge is 2.12. The van der Waals surface area contributed by atoms with Crippen molar-refractivity contribution in [3.63, 3.8) is 0 Å². The van der Waals surface area contributed by atoms with E-state index in [0.29, 0.717) is 13.2 Å². The molecule has 0 amide bonds. The van der Waals surface area contributed by atoms with Gasteiger partial charge in [-0.15, -0.1) is 0 Å². The molecule has 0 aromatic heterocycles. The van der Waals surface area contributed by atoms with Gasteiger partial charge in [0.25, 0.3) is 0 Å². The molecule has 15 heavy (non-hydrogen) atoms. The van der Waals surface area contributed by atoms with Gasteiger partial charge in [0.2, 0.25) is 0 Å². The molecule has 0 atom stereocenters. The monoisotopic (exact) mass is 229 g/mol. The molecule has 82 valence electrons. The van der Waals surface area contributed by atoms with E-state index < -0.39 is 10.3 Å². The second kappa shape index (κ2) is 3.80. The summed E-state index contributed by atoms with van der Waals surface area (Å²) in [6.45, 7) is 1.21. The number of benzene rings is 1. The first-order valence-electron chi connectivity index (χ1n) is 4.46. The van der Waals surface area contributed by atoms with Crippen LogP contribution in [0.4, 0.5) is 0 Å². The number of ether oxygens (including phenoxy) is 1. The fourth-order valence-electron chi connectivity index (χ4n) is 1.53. The molecule has 0 unspecified atom stereocenters. The predicted molar refractivity (Wildman–Crippen MR) is 53.5 cm³/mol. The van der Waals surface area contributed by atoms with E-state index >= 15 is 0 Å². The largest absolute Gasteiger partial charge is 0.380 e. The van der Waals surface area contributed by atoms with Crippen LogP contribution in [0.1, 0.15) is 11.1 Å². The zero-order valence-electron chi connectivity index (χ0n) is 7.97. The lowest BCUT2D eigenvalue weighted by molar-refractivity contribution is 0.110. The standard InChI is InChI=1S/C9H11NO4S/c10-15(11,12)14-9-2-1-8-6-13-4-3-7(8)5-9/h1-2,5H,3-4,6H2,(H2,10,11,12). The summed E-state index contributed by atoms with van der Waals surface area (Å²) in [5, 5.41) is 4.77. The molecule has 1 heterocycles. The molecule has 0 radical (unpaired) electrons. The molecule has 6 heteroatoms. The maximum absolute atomic E-state index is 10.7. The second-order valence-electron chi connectivity index (χ2n) is 3.31. The Morgan fingerprint density at radius 2 is 2.13 bits per heavy atom. The maximum Gasteiger partial charge on any atom is 0.380 e. The summed E-state index contributed by atoms with van der Waals surface area (Å²) in [5.74, 6) is 0.248. The van der Waals surface area contributed by atoms with Gasteiger partial charge in [0.15, 0.2) is 0 Å². The van der Waals surface area contributed by atoms with E-state index in [4.69, 9.17) is 9.88 Å². The van der Waals surface area contributed by atoms with Gasteiger partial charge in [0.1, 0.15) is 5.75 Å². The third kappa shape index (κ3) is 2.68. The lowest BCUT2D eigenvalue weighted by Crippen LogP contribution is -2.19. The van der Waals surface area contributed by atoms with E-state index in [1.165, 1.54) is 0 Å². The molecule has 0 spiro atoms. The van der Waals surface area contributed by atoms with Crippen molar-refractivity contribution in [2.75, 3.05) is 6.61 Å². The Bertz CT molecular complexity index is 469. The van der Waals surface area contributed by atoms with Crippen molar-refractivity contribution in [2.45, 2.75) is 13.0 Å². The number of rotatable bonds is 2. The van der Waals surface area contributed by atoms with Crippen molar-refractivity contribution in [1.29, 1.82) is 0 Å². The highest BCUT2D eigenvalue weighted by atomic mass is 32.2. The lowest BCUT2D eigenvalue weighted by Gasteiger charge is -2.16. The average molecular weight is 229 g/mol. The third-order valence-corrected chi connectivity index (χ3v) is 2.59. The average Bonchev–Trinajstić information content (AvgIpc) is 2.15. The summed E-state index contributed by atoms with van der Waals surface area (Å²) in [5.41, 5.74) is 2.10. The third-order valence-electron chi connectivity index (χ3n) is 2.16. The minimum Gasteiger partial charge on any atom is -0.376 e. The first kappa shape index (κ1) is 10.4. The van der Waals surface area contributed by atoms with E-state index in [0.717, 1.165) is 17.5 Å². The number of fused-ring (bicyclic) bond motifs is 1. The van der Waals surface area contributed by atoms with Crippen molar-refractivity contribution >= 4 is 10.3 Å². The summed E-state index contributed by atoms with van der Waals surface area (Å²) in [6, 6.07) is 5.04. The smallest absolute Gasteiger partial charge is 0.376 e. The number of hydrogen-bond donors (Lipinski definition) is 1. The molecule has 0 bridgehead atoms. The predicted octanol–water partition coefficient (Wildman–Crippen LogP) is 0.342. The Morgan fingerprint density at radius 1 is 1.33 bits per heavy atom. The van der Waals surface area contributed by atoms with Gasteiger partial charge in [0, 0.05) is 0 Å². The molecule has 2 N–H and O–H groups in total. The second-order valence-corrected chi connectivity index (χ2v) is 4.46. The molecule has 1 aromatic carbocycles. The Kier molecular flexibility index (Phi) is 2.64. The van der Waals surface area contributed by atoms with E-state index in [1.807, 2.05) is 0 Å². The van der Waals surface area contributed by atoms with Crippen LogP contribution in [-0.2, 0) is 28.1 Å². The molecule has 5 nitrogen and oxygen atoms in total.